The Morgan fingerprint density at radius 1 is 0.352 bits per heavy atom. The monoisotopic (exact) mass is 686 g/mol. The number of pyridine rings is 2. The van der Waals surface area contributed by atoms with Crippen molar-refractivity contribution in [3.8, 4) is 56.0 Å². The molecule has 0 spiro atoms. The van der Waals surface area contributed by atoms with E-state index in [1.54, 1.807) is 0 Å². The van der Waals surface area contributed by atoms with Crippen LogP contribution in [0.15, 0.2) is 182 Å². The molecular weight excluding hydrogens is 657 g/mol. The van der Waals surface area contributed by atoms with Crippen LogP contribution in [0, 0.1) is 0 Å². The first kappa shape index (κ1) is 29.3. The van der Waals surface area contributed by atoms with Gasteiger partial charge in [0, 0.05) is 79.0 Å². The number of aromatic nitrogens is 4. The smallest absolute Gasteiger partial charge is 0.0708 e. The summed E-state index contributed by atoms with van der Waals surface area (Å²) in [7, 11) is 0. The fraction of sp³-hybridized carbons (Fsp3) is 0. The second kappa shape index (κ2) is 11.1. The molecule has 4 heterocycles. The topological polar surface area (TPSA) is 35.6 Å². The lowest BCUT2D eigenvalue weighted by atomic mass is 9.99. The molecule has 11 aromatic rings. The molecule has 0 atom stereocenters. The molecule has 0 aliphatic heterocycles. The summed E-state index contributed by atoms with van der Waals surface area (Å²) in [5.74, 6) is 0. The van der Waals surface area contributed by atoms with Gasteiger partial charge in [-0.05, 0) is 95.1 Å². The Hall–Kier alpha value is -7.30. The van der Waals surface area contributed by atoms with Crippen LogP contribution in [0.1, 0.15) is 0 Å². The van der Waals surface area contributed by atoms with Gasteiger partial charge in [-0.1, -0.05) is 91.0 Å². The zero-order valence-electron chi connectivity index (χ0n) is 29.1. The first-order chi connectivity index (χ1) is 26.8. The van der Waals surface area contributed by atoms with E-state index in [1.807, 2.05) is 18.6 Å². The van der Waals surface area contributed by atoms with Gasteiger partial charge in [-0.3, -0.25) is 9.97 Å². The molecule has 4 nitrogen and oxygen atoms in total. The van der Waals surface area contributed by atoms with Gasteiger partial charge in [0.05, 0.1) is 27.8 Å². The largest absolute Gasteiger partial charge is 0.309 e. The number of hydrogen-bond acceptors (Lipinski definition) is 2. The molecule has 0 radical (unpaired) electrons. The third kappa shape index (κ3) is 4.13. The fourth-order valence-corrected chi connectivity index (χ4v) is 8.94. The van der Waals surface area contributed by atoms with E-state index in [0.29, 0.717) is 0 Å². The van der Waals surface area contributed by atoms with E-state index < -0.39 is 0 Å². The van der Waals surface area contributed by atoms with E-state index in [9.17, 15) is 0 Å². The summed E-state index contributed by atoms with van der Waals surface area (Å²) >= 11 is 0. The molecule has 250 valence electrons. The van der Waals surface area contributed by atoms with Crippen LogP contribution >= 0.6 is 0 Å². The number of hydrogen-bond donors (Lipinski definition) is 0. The number of para-hydroxylation sites is 3. The Labute approximate surface area is 310 Å². The van der Waals surface area contributed by atoms with Gasteiger partial charge in [0.25, 0.3) is 0 Å². The molecule has 12 rings (SSSR count). The van der Waals surface area contributed by atoms with Crippen molar-refractivity contribution in [3.63, 3.8) is 0 Å². The van der Waals surface area contributed by atoms with Crippen LogP contribution in [-0.4, -0.2) is 19.1 Å². The van der Waals surface area contributed by atoms with E-state index >= 15 is 0 Å². The first-order valence-electron chi connectivity index (χ1n) is 18.4. The van der Waals surface area contributed by atoms with Gasteiger partial charge in [0.15, 0.2) is 0 Å². The van der Waals surface area contributed by atoms with Crippen molar-refractivity contribution in [1.82, 2.24) is 19.1 Å². The summed E-state index contributed by atoms with van der Waals surface area (Å²) in [5, 5.41) is 7.34. The van der Waals surface area contributed by atoms with Crippen LogP contribution in [0.5, 0.6) is 0 Å². The van der Waals surface area contributed by atoms with Gasteiger partial charge >= 0.3 is 0 Å². The van der Waals surface area contributed by atoms with Gasteiger partial charge in [0.1, 0.15) is 0 Å². The van der Waals surface area contributed by atoms with Gasteiger partial charge in [-0.15, -0.1) is 0 Å². The number of rotatable bonds is 4. The van der Waals surface area contributed by atoms with Crippen molar-refractivity contribution < 1.29 is 0 Å². The molecule has 0 N–H and O–H groups in total. The molecule has 0 saturated carbocycles. The standard InChI is InChI=1S/C50H30N4/c1-3-11-35(12-4-1)53-46-17-8-7-15-37(46)40-24-31(18-21-47(40)53)32-19-22-48-41(25-32)42-26-33(20-23-49(42)54(48)36-13-5-2-6-14-36)45-27-39-38-16-9-10-34-28-51-29-44(50(34)38)43(39)30-52-45/h1-30H. The summed E-state index contributed by atoms with van der Waals surface area (Å²) < 4.78 is 4.75. The second-order valence-electron chi connectivity index (χ2n) is 14.3. The number of benzene rings is 7. The second-order valence-corrected chi connectivity index (χ2v) is 14.3. The molecule has 0 saturated heterocycles. The summed E-state index contributed by atoms with van der Waals surface area (Å²) in [4.78, 5) is 9.58. The molecular formula is C50H30N4. The molecule has 54 heavy (non-hydrogen) atoms. The van der Waals surface area contributed by atoms with Crippen LogP contribution in [0.4, 0.5) is 0 Å². The van der Waals surface area contributed by atoms with E-state index in [-0.39, 0.29) is 0 Å². The quantitative estimate of drug-likeness (QED) is 0.185. The third-order valence-electron chi connectivity index (χ3n) is 11.4. The SMILES string of the molecule is c1ccc(-n2c3ccccc3c3cc(-c4ccc5c(c4)c4cc(-c6cc7c(cn6)-c6cncc8cccc-7c68)ccc4n5-c4ccccc4)ccc32)cc1. The highest BCUT2D eigenvalue weighted by atomic mass is 15.0. The van der Waals surface area contributed by atoms with Crippen molar-refractivity contribution in [2.24, 2.45) is 0 Å². The normalized spacial score (nSPS) is 12.1. The highest BCUT2D eigenvalue weighted by molar-refractivity contribution is 6.16. The van der Waals surface area contributed by atoms with Gasteiger partial charge in [0.2, 0.25) is 0 Å². The summed E-state index contributed by atoms with van der Waals surface area (Å²) in [6, 6.07) is 59.4. The third-order valence-corrected chi connectivity index (χ3v) is 11.4. The van der Waals surface area contributed by atoms with Gasteiger partial charge < -0.3 is 9.13 Å². The average molecular weight is 687 g/mol. The molecule has 7 aromatic carbocycles. The Balaban J connectivity index is 1.05. The fourth-order valence-electron chi connectivity index (χ4n) is 8.94. The predicted octanol–water partition coefficient (Wildman–Crippen LogP) is 12.8. The van der Waals surface area contributed by atoms with E-state index in [0.717, 1.165) is 33.5 Å². The maximum Gasteiger partial charge on any atom is 0.0708 e. The van der Waals surface area contributed by atoms with E-state index in [4.69, 9.17) is 4.98 Å². The molecule has 0 unspecified atom stereocenters. The highest BCUT2D eigenvalue weighted by Gasteiger charge is 2.23. The van der Waals surface area contributed by atoms with Crippen LogP contribution in [0.2, 0.25) is 0 Å². The lowest BCUT2D eigenvalue weighted by Gasteiger charge is -2.09. The molecule has 0 amide bonds. The van der Waals surface area contributed by atoms with Gasteiger partial charge in [-0.2, -0.15) is 0 Å². The first-order valence-corrected chi connectivity index (χ1v) is 18.4. The Morgan fingerprint density at radius 2 is 0.926 bits per heavy atom. The molecule has 0 fully saturated rings. The van der Waals surface area contributed by atoms with E-state index in [1.165, 1.54) is 76.9 Å². The zero-order chi connectivity index (χ0) is 35.3. The molecule has 4 aromatic heterocycles. The van der Waals surface area contributed by atoms with Gasteiger partial charge in [-0.25, -0.2) is 0 Å². The lowest BCUT2D eigenvalue weighted by molar-refractivity contribution is 1.18. The molecule has 1 aliphatic carbocycles. The minimum atomic E-state index is 0.963. The Morgan fingerprint density at radius 3 is 1.61 bits per heavy atom. The van der Waals surface area contributed by atoms with Crippen molar-refractivity contribution in [2.45, 2.75) is 0 Å². The van der Waals surface area contributed by atoms with Crippen molar-refractivity contribution in [3.05, 3.63) is 182 Å². The summed E-state index contributed by atoms with van der Waals surface area (Å²) in [6.45, 7) is 0. The summed E-state index contributed by atoms with van der Waals surface area (Å²) in [6.07, 6.45) is 5.95. The number of fused-ring (bicyclic) bond motifs is 9. The predicted molar refractivity (Wildman–Crippen MR) is 224 cm³/mol. The van der Waals surface area contributed by atoms with Crippen molar-refractivity contribution >= 4 is 54.4 Å². The van der Waals surface area contributed by atoms with Crippen molar-refractivity contribution in [1.29, 1.82) is 0 Å². The van der Waals surface area contributed by atoms with Crippen molar-refractivity contribution in [2.75, 3.05) is 0 Å². The van der Waals surface area contributed by atoms with Crippen LogP contribution in [0.3, 0.4) is 0 Å². The minimum Gasteiger partial charge on any atom is -0.309 e. The molecule has 0 bridgehead atoms. The Kier molecular flexibility index (Phi) is 6.02. The molecule has 1 aliphatic rings. The van der Waals surface area contributed by atoms with Crippen LogP contribution in [-0.2, 0) is 0 Å². The highest BCUT2D eigenvalue weighted by Crippen LogP contribution is 2.47. The molecule has 4 heteroatoms. The van der Waals surface area contributed by atoms with Crippen LogP contribution in [0.25, 0.3) is 110 Å². The maximum absolute atomic E-state index is 5.05. The van der Waals surface area contributed by atoms with Crippen LogP contribution < -0.4 is 0 Å². The lowest BCUT2D eigenvalue weighted by Crippen LogP contribution is -1.93. The Bertz CT molecular complexity index is 3310. The zero-order valence-corrected chi connectivity index (χ0v) is 29.1. The number of nitrogens with zero attached hydrogens (tertiary/aromatic N) is 4. The minimum absolute atomic E-state index is 0.963. The maximum atomic E-state index is 5.05. The average Bonchev–Trinajstić information content (AvgIpc) is 3.87. The van der Waals surface area contributed by atoms with E-state index in [2.05, 4.69) is 178 Å². The summed E-state index contributed by atoms with van der Waals surface area (Å²) in [5.41, 5.74) is 16.3.